The second-order valence-corrected chi connectivity index (χ2v) is 1.95. The van der Waals surface area contributed by atoms with Crippen LogP contribution in [0.5, 0.6) is 0 Å². The van der Waals surface area contributed by atoms with Crippen molar-refractivity contribution in [2.45, 2.75) is 13.2 Å². The van der Waals surface area contributed by atoms with Crippen molar-refractivity contribution < 1.29 is 36.1 Å². The number of rotatable bonds is 3. The molecule has 0 aliphatic rings. The van der Waals surface area contributed by atoms with E-state index < -0.39 is 0 Å². The number of aliphatic hydroxyl groups is 1. The maximum atomic E-state index is 8.72. The van der Waals surface area contributed by atoms with Crippen molar-refractivity contribution in [3.63, 3.8) is 0 Å². The molecule has 1 rings (SSSR count). The number of hydrogen-bond donors (Lipinski definition) is 1. The smallest absolute Gasteiger partial charge is 1.00 e. The molecule has 0 aliphatic carbocycles. The van der Waals surface area contributed by atoms with Gasteiger partial charge in [0.05, 0.1) is 0 Å². The number of nitrogens with zero attached hydrogens (tertiary/aromatic N) is 2. The second-order valence-electron chi connectivity index (χ2n) is 1.95. The third-order valence-electron chi connectivity index (χ3n) is 1.28. The minimum Gasteiger partial charge on any atom is -1.00 e. The van der Waals surface area contributed by atoms with Gasteiger partial charge in [-0.05, 0) is 0 Å². The SMILES string of the molecule is C=CCc1nccn1CO.[H-].[Na+]. The Kier molecular flexibility index (Phi) is 5.50. The Bertz CT molecular complexity index is 227. The molecule has 0 saturated carbocycles. The first kappa shape index (κ1) is 10.9. The molecule has 0 aromatic carbocycles. The molecule has 11 heavy (non-hydrogen) atoms. The summed E-state index contributed by atoms with van der Waals surface area (Å²) >= 11 is 0. The van der Waals surface area contributed by atoms with Crippen LogP contribution >= 0.6 is 0 Å². The predicted octanol–water partition coefficient (Wildman–Crippen LogP) is -2.32. The Hall–Kier alpha value is -0.0900. The summed E-state index contributed by atoms with van der Waals surface area (Å²) in [5.41, 5.74) is 0. The maximum Gasteiger partial charge on any atom is 1.00 e. The summed E-state index contributed by atoms with van der Waals surface area (Å²) in [5, 5.41) is 8.72. The van der Waals surface area contributed by atoms with Crippen LogP contribution in [0.3, 0.4) is 0 Å². The van der Waals surface area contributed by atoms with Gasteiger partial charge in [0.1, 0.15) is 12.6 Å². The molecule has 0 spiro atoms. The molecule has 0 fully saturated rings. The number of hydrogen-bond acceptors (Lipinski definition) is 2. The molecule has 56 valence electrons. The minimum atomic E-state index is -0.0107. The number of allylic oxidation sites excluding steroid dienone is 1. The van der Waals surface area contributed by atoms with Crippen molar-refractivity contribution in [3.8, 4) is 0 Å². The van der Waals surface area contributed by atoms with Crippen molar-refractivity contribution in [1.29, 1.82) is 0 Å². The normalized spacial score (nSPS) is 8.82. The first-order chi connectivity index (χ1) is 4.88. The van der Waals surface area contributed by atoms with Gasteiger partial charge in [-0.25, -0.2) is 4.98 Å². The monoisotopic (exact) mass is 162 g/mol. The summed E-state index contributed by atoms with van der Waals surface area (Å²) in [5.74, 6) is 0.845. The number of aliphatic hydroxyl groups excluding tert-OH is 1. The molecule has 3 nitrogen and oxygen atoms in total. The van der Waals surface area contributed by atoms with Gasteiger partial charge in [-0.2, -0.15) is 0 Å². The summed E-state index contributed by atoms with van der Waals surface area (Å²) < 4.78 is 1.67. The van der Waals surface area contributed by atoms with Crippen LogP contribution in [0.1, 0.15) is 7.25 Å². The molecule has 0 amide bonds. The molecule has 0 aliphatic heterocycles. The first-order valence-electron chi connectivity index (χ1n) is 3.10. The Labute approximate surface area is 89.5 Å². The van der Waals surface area contributed by atoms with Crippen molar-refractivity contribution in [2.24, 2.45) is 0 Å². The fraction of sp³-hybridized carbons (Fsp3) is 0.286. The van der Waals surface area contributed by atoms with Gasteiger partial charge in [0.15, 0.2) is 0 Å². The van der Waals surface area contributed by atoms with Gasteiger partial charge in [-0.1, -0.05) is 6.08 Å². The van der Waals surface area contributed by atoms with E-state index in [1.54, 1.807) is 23.0 Å². The fourth-order valence-corrected chi connectivity index (χ4v) is 0.788. The molecule has 4 heteroatoms. The predicted molar refractivity (Wildman–Crippen MR) is 39.5 cm³/mol. The van der Waals surface area contributed by atoms with Crippen LogP contribution in [-0.4, -0.2) is 14.7 Å². The van der Waals surface area contributed by atoms with Gasteiger partial charge in [-0.15, -0.1) is 6.58 Å². The van der Waals surface area contributed by atoms with E-state index in [0.717, 1.165) is 5.82 Å². The number of imidazole rings is 1. The van der Waals surface area contributed by atoms with Crippen LogP contribution in [0.25, 0.3) is 0 Å². The third kappa shape index (κ3) is 2.79. The molecule has 1 aromatic rings. The Morgan fingerprint density at radius 3 is 3.09 bits per heavy atom. The average molecular weight is 162 g/mol. The van der Waals surface area contributed by atoms with Gasteiger partial charge in [0.25, 0.3) is 0 Å². The van der Waals surface area contributed by atoms with Crippen LogP contribution < -0.4 is 29.6 Å². The van der Waals surface area contributed by atoms with Crippen LogP contribution in [0.2, 0.25) is 0 Å². The van der Waals surface area contributed by atoms with Gasteiger partial charge >= 0.3 is 29.6 Å². The van der Waals surface area contributed by atoms with E-state index in [1.165, 1.54) is 0 Å². The molecule has 0 saturated heterocycles. The fourth-order valence-electron chi connectivity index (χ4n) is 0.788. The molecular weight excluding hydrogens is 151 g/mol. The van der Waals surface area contributed by atoms with Crippen molar-refractivity contribution in [3.05, 3.63) is 30.9 Å². The van der Waals surface area contributed by atoms with Crippen molar-refractivity contribution in [1.82, 2.24) is 9.55 Å². The Morgan fingerprint density at radius 1 is 1.82 bits per heavy atom. The van der Waals surface area contributed by atoms with E-state index in [4.69, 9.17) is 5.11 Å². The van der Waals surface area contributed by atoms with Gasteiger partial charge in [0.2, 0.25) is 0 Å². The summed E-state index contributed by atoms with van der Waals surface area (Å²) in [7, 11) is 0. The van der Waals surface area contributed by atoms with Gasteiger partial charge < -0.3 is 11.1 Å². The molecule has 0 radical (unpaired) electrons. The molecule has 1 heterocycles. The second kappa shape index (κ2) is 5.55. The van der Waals surface area contributed by atoms with E-state index in [9.17, 15) is 0 Å². The average Bonchev–Trinajstić information content (AvgIpc) is 2.36. The zero-order valence-electron chi connectivity index (χ0n) is 7.70. The molecule has 1 aromatic heterocycles. The summed E-state index contributed by atoms with van der Waals surface area (Å²) in [6.07, 6.45) is 5.86. The summed E-state index contributed by atoms with van der Waals surface area (Å²) in [6, 6.07) is 0. The van der Waals surface area contributed by atoms with E-state index in [1.807, 2.05) is 0 Å². The van der Waals surface area contributed by atoms with Crippen LogP contribution in [0, 0.1) is 0 Å². The van der Waals surface area contributed by atoms with Crippen LogP contribution in [-0.2, 0) is 13.2 Å². The standard InChI is InChI=1S/C7H10N2O.Na.H/c1-2-3-7-8-4-5-9(7)6-10;;/h2,4-5,10H,1,3,6H2;;/q;+1;-1. The van der Waals surface area contributed by atoms with E-state index in [2.05, 4.69) is 11.6 Å². The summed E-state index contributed by atoms with van der Waals surface area (Å²) in [6.45, 7) is 3.57. The van der Waals surface area contributed by atoms with E-state index in [0.29, 0.717) is 6.42 Å². The molecule has 0 unspecified atom stereocenters. The molecule has 0 bridgehead atoms. The van der Waals surface area contributed by atoms with Crippen molar-refractivity contribution in [2.75, 3.05) is 0 Å². The summed E-state index contributed by atoms with van der Waals surface area (Å²) in [4.78, 5) is 4.01. The van der Waals surface area contributed by atoms with Crippen LogP contribution in [0.15, 0.2) is 25.0 Å². The van der Waals surface area contributed by atoms with Crippen molar-refractivity contribution >= 4 is 0 Å². The molecular formula is C7H11N2NaO. The van der Waals surface area contributed by atoms with E-state index >= 15 is 0 Å². The maximum absolute atomic E-state index is 8.72. The topological polar surface area (TPSA) is 38.0 Å². The largest absolute Gasteiger partial charge is 1.00 e. The van der Waals surface area contributed by atoms with E-state index in [-0.39, 0.29) is 37.7 Å². The van der Waals surface area contributed by atoms with Gasteiger partial charge in [-0.3, -0.25) is 0 Å². The molecule has 1 N–H and O–H groups in total. The Balaban J connectivity index is 0. The molecule has 0 atom stereocenters. The third-order valence-corrected chi connectivity index (χ3v) is 1.28. The van der Waals surface area contributed by atoms with Crippen LogP contribution in [0.4, 0.5) is 0 Å². The number of aromatic nitrogens is 2. The quantitative estimate of drug-likeness (QED) is 0.400. The zero-order valence-corrected chi connectivity index (χ0v) is 8.70. The van der Waals surface area contributed by atoms with Gasteiger partial charge in [0, 0.05) is 18.8 Å². The minimum absolute atomic E-state index is 0. The zero-order chi connectivity index (χ0) is 7.40. The Morgan fingerprint density at radius 2 is 2.55 bits per heavy atom. The first-order valence-corrected chi connectivity index (χ1v) is 3.10.